The lowest BCUT2D eigenvalue weighted by molar-refractivity contribution is -0.122. The average Bonchev–Trinajstić information content (AvgIpc) is 2.50. The summed E-state index contributed by atoms with van der Waals surface area (Å²) >= 11 is 0. The van der Waals surface area contributed by atoms with Gasteiger partial charge in [0, 0.05) is 6.54 Å². The van der Waals surface area contributed by atoms with Crippen molar-refractivity contribution in [3.8, 4) is 0 Å². The number of primary amides is 1. The average molecular weight is 269 g/mol. The Balaban J connectivity index is 2.44. The van der Waals surface area contributed by atoms with Crippen LogP contribution in [0.1, 0.15) is 53.4 Å². The van der Waals surface area contributed by atoms with Gasteiger partial charge in [-0.15, -0.1) is 0 Å². The number of hydrogen-bond acceptors (Lipinski definition) is 3. The SMILES string of the molecule is CC(N)(CCN1CCCC(C(C)(C)C)CC1)C(N)=O. The first-order chi connectivity index (χ1) is 8.63. The van der Waals surface area contributed by atoms with Crippen LogP contribution in [0.3, 0.4) is 0 Å². The number of likely N-dealkylation sites (tertiary alicyclic amines) is 1. The van der Waals surface area contributed by atoms with Crippen molar-refractivity contribution < 1.29 is 4.79 Å². The zero-order valence-corrected chi connectivity index (χ0v) is 13.0. The fourth-order valence-corrected chi connectivity index (χ4v) is 2.76. The van der Waals surface area contributed by atoms with Gasteiger partial charge in [-0.05, 0) is 57.0 Å². The maximum Gasteiger partial charge on any atom is 0.237 e. The van der Waals surface area contributed by atoms with E-state index >= 15 is 0 Å². The van der Waals surface area contributed by atoms with Crippen LogP contribution in [0.15, 0.2) is 0 Å². The smallest absolute Gasteiger partial charge is 0.237 e. The molecule has 2 unspecified atom stereocenters. The van der Waals surface area contributed by atoms with Crippen molar-refractivity contribution in [3.63, 3.8) is 0 Å². The molecule has 0 aromatic heterocycles. The van der Waals surface area contributed by atoms with Gasteiger partial charge in [0.05, 0.1) is 5.54 Å². The van der Waals surface area contributed by atoms with Gasteiger partial charge in [-0.25, -0.2) is 0 Å². The summed E-state index contributed by atoms with van der Waals surface area (Å²) in [4.78, 5) is 13.7. The van der Waals surface area contributed by atoms with Crippen molar-refractivity contribution in [2.75, 3.05) is 19.6 Å². The van der Waals surface area contributed by atoms with Crippen molar-refractivity contribution in [1.82, 2.24) is 4.90 Å². The van der Waals surface area contributed by atoms with Crippen molar-refractivity contribution in [2.45, 2.75) is 58.9 Å². The fraction of sp³-hybridized carbons (Fsp3) is 0.933. The highest BCUT2D eigenvalue weighted by Gasteiger charge is 2.29. The molecule has 19 heavy (non-hydrogen) atoms. The summed E-state index contributed by atoms with van der Waals surface area (Å²) in [6.07, 6.45) is 4.42. The predicted octanol–water partition coefficient (Wildman–Crippen LogP) is 1.73. The largest absolute Gasteiger partial charge is 0.368 e. The van der Waals surface area contributed by atoms with Gasteiger partial charge in [-0.3, -0.25) is 4.79 Å². The van der Waals surface area contributed by atoms with Crippen LogP contribution in [0.5, 0.6) is 0 Å². The van der Waals surface area contributed by atoms with E-state index in [1.54, 1.807) is 6.92 Å². The molecule has 4 N–H and O–H groups in total. The van der Waals surface area contributed by atoms with Crippen molar-refractivity contribution >= 4 is 5.91 Å². The number of nitrogens with zero attached hydrogens (tertiary/aromatic N) is 1. The van der Waals surface area contributed by atoms with Gasteiger partial charge in [0.15, 0.2) is 0 Å². The topological polar surface area (TPSA) is 72.3 Å². The number of carbonyl (C=O) groups is 1. The summed E-state index contributed by atoms with van der Waals surface area (Å²) in [5.74, 6) is 0.382. The summed E-state index contributed by atoms with van der Waals surface area (Å²) in [7, 11) is 0. The third kappa shape index (κ3) is 5.11. The Morgan fingerprint density at radius 3 is 2.37 bits per heavy atom. The Labute approximate surface area is 117 Å². The second kappa shape index (κ2) is 6.23. The van der Waals surface area contributed by atoms with Crippen LogP contribution in [-0.4, -0.2) is 36.0 Å². The van der Waals surface area contributed by atoms with Crippen LogP contribution in [0.25, 0.3) is 0 Å². The maximum atomic E-state index is 11.2. The molecule has 1 aliphatic rings. The highest BCUT2D eigenvalue weighted by atomic mass is 16.1. The second-order valence-electron chi connectivity index (χ2n) is 7.37. The predicted molar refractivity (Wildman–Crippen MR) is 79.6 cm³/mol. The Morgan fingerprint density at radius 2 is 1.84 bits per heavy atom. The Kier molecular flexibility index (Phi) is 5.39. The van der Waals surface area contributed by atoms with Crippen molar-refractivity contribution in [3.05, 3.63) is 0 Å². The number of nitrogens with two attached hydrogens (primary N) is 2. The molecule has 0 radical (unpaired) electrons. The number of hydrogen-bond donors (Lipinski definition) is 2. The standard InChI is InChI=1S/C15H31N3O/c1-14(2,3)12-6-5-9-18(10-7-12)11-8-15(4,17)13(16)19/h12H,5-11,17H2,1-4H3,(H2,16,19). The van der Waals surface area contributed by atoms with Crippen LogP contribution >= 0.6 is 0 Å². The van der Waals surface area contributed by atoms with E-state index in [4.69, 9.17) is 11.5 Å². The summed E-state index contributed by atoms with van der Waals surface area (Å²) in [6.45, 7) is 11.8. The lowest BCUT2D eigenvalue weighted by atomic mass is 9.77. The lowest BCUT2D eigenvalue weighted by Crippen LogP contribution is -2.51. The first kappa shape index (κ1) is 16.4. The van der Waals surface area contributed by atoms with E-state index in [9.17, 15) is 4.79 Å². The van der Waals surface area contributed by atoms with Crippen molar-refractivity contribution in [1.29, 1.82) is 0 Å². The molecule has 2 atom stereocenters. The molecule has 1 heterocycles. The van der Waals surface area contributed by atoms with Crippen LogP contribution in [0, 0.1) is 11.3 Å². The number of carbonyl (C=O) groups excluding carboxylic acids is 1. The number of rotatable bonds is 4. The molecule has 0 bridgehead atoms. The van der Waals surface area contributed by atoms with Gasteiger partial charge < -0.3 is 16.4 Å². The quantitative estimate of drug-likeness (QED) is 0.816. The molecule has 0 spiro atoms. The molecule has 1 fully saturated rings. The molecule has 112 valence electrons. The third-order valence-corrected chi connectivity index (χ3v) is 4.56. The first-order valence-electron chi connectivity index (χ1n) is 7.44. The lowest BCUT2D eigenvalue weighted by Gasteiger charge is -2.30. The summed E-state index contributed by atoms with van der Waals surface area (Å²) in [5, 5.41) is 0. The van der Waals surface area contributed by atoms with Crippen LogP contribution in [0.4, 0.5) is 0 Å². The van der Waals surface area contributed by atoms with Gasteiger partial charge in [0.2, 0.25) is 5.91 Å². The molecule has 0 aromatic rings. The Hall–Kier alpha value is -0.610. The molecule has 1 saturated heterocycles. The maximum absolute atomic E-state index is 11.2. The first-order valence-corrected chi connectivity index (χ1v) is 7.44. The molecular formula is C15H31N3O. The minimum Gasteiger partial charge on any atom is -0.368 e. The highest BCUT2D eigenvalue weighted by Crippen LogP contribution is 2.34. The van der Waals surface area contributed by atoms with Gasteiger partial charge in [-0.1, -0.05) is 20.8 Å². The molecule has 4 heteroatoms. The zero-order valence-electron chi connectivity index (χ0n) is 13.0. The van der Waals surface area contributed by atoms with E-state index in [1.807, 2.05) is 0 Å². The second-order valence-corrected chi connectivity index (χ2v) is 7.37. The normalized spacial score (nSPS) is 25.6. The van der Waals surface area contributed by atoms with E-state index in [1.165, 1.54) is 19.3 Å². The highest BCUT2D eigenvalue weighted by molar-refractivity contribution is 5.83. The fourth-order valence-electron chi connectivity index (χ4n) is 2.76. The summed E-state index contributed by atoms with van der Waals surface area (Å²) in [5.41, 5.74) is 10.7. The van der Waals surface area contributed by atoms with E-state index in [-0.39, 0.29) is 0 Å². The van der Waals surface area contributed by atoms with Crippen LogP contribution < -0.4 is 11.5 Å². The van der Waals surface area contributed by atoms with Gasteiger partial charge in [-0.2, -0.15) is 0 Å². The van der Waals surface area contributed by atoms with E-state index in [0.29, 0.717) is 11.8 Å². The molecule has 4 nitrogen and oxygen atoms in total. The molecule has 0 saturated carbocycles. The van der Waals surface area contributed by atoms with E-state index < -0.39 is 11.4 Å². The van der Waals surface area contributed by atoms with Gasteiger partial charge >= 0.3 is 0 Å². The van der Waals surface area contributed by atoms with E-state index in [0.717, 1.165) is 25.6 Å². The minimum absolute atomic E-state index is 0.394. The zero-order chi connectivity index (χ0) is 14.7. The molecule has 0 aliphatic carbocycles. The molecule has 1 rings (SSSR count). The molecule has 1 aliphatic heterocycles. The third-order valence-electron chi connectivity index (χ3n) is 4.56. The Morgan fingerprint density at radius 1 is 1.21 bits per heavy atom. The molecule has 0 aromatic carbocycles. The van der Waals surface area contributed by atoms with Gasteiger partial charge in [0.1, 0.15) is 0 Å². The van der Waals surface area contributed by atoms with Crippen molar-refractivity contribution in [2.24, 2.45) is 22.8 Å². The van der Waals surface area contributed by atoms with Crippen LogP contribution in [0.2, 0.25) is 0 Å². The molecule has 1 amide bonds. The minimum atomic E-state index is -0.879. The Bertz CT molecular complexity index is 307. The number of amides is 1. The summed E-state index contributed by atoms with van der Waals surface area (Å²) < 4.78 is 0. The monoisotopic (exact) mass is 269 g/mol. The van der Waals surface area contributed by atoms with Crippen LogP contribution in [-0.2, 0) is 4.79 Å². The summed E-state index contributed by atoms with van der Waals surface area (Å²) in [6, 6.07) is 0. The molecular weight excluding hydrogens is 238 g/mol. The van der Waals surface area contributed by atoms with E-state index in [2.05, 4.69) is 25.7 Å². The van der Waals surface area contributed by atoms with Gasteiger partial charge in [0.25, 0.3) is 0 Å².